The first-order valence-corrected chi connectivity index (χ1v) is 6.53. The summed E-state index contributed by atoms with van der Waals surface area (Å²) < 4.78 is 5.38. The van der Waals surface area contributed by atoms with Crippen molar-refractivity contribution in [3.05, 3.63) is 41.9 Å². The molecule has 0 saturated carbocycles. The van der Waals surface area contributed by atoms with Crippen LogP contribution in [0.15, 0.2) is 30.5 Å². The van der Waals surface area contributed by atoms with Crippen molar-refractivity contribution in [1.29, 1.82) is 5.26 Å². The van der Waals surface area contributed by atoms with E-state index in [1.54, 1.807) is 13.3 Å². The lowest BCUT2D eigenvalue weighted by atomic mass is 9.98. The molecule has 1 aromatic heterocycles. The van der Waals surface area contributed by atoms with Gasteiger partial charge < -0.3 is 4.74 Å². The highest BCUT2D eigenvalue weighted by Crippen LogP contribution is 2.30. The number of nitrogens with zero attached hydrogens (tertiary/aromatic N) is 3. The molecule has 0 aliphatic carbocycles. The Hall–Kier alpha value is -2.41. The Morgan fingerprint density at radius 2 is 2.10 bits per heavy atom. The fraction of sp³-hybridized carbons (Fsp3) is 0.312. The molecule has 2 aromatic rings. The Morgan fingerprint density at radius 3 is 2.75 bits per heavy atom. The number of hydrogen-bond acceptors (Lipinski definition) is 4. The quantitative estimate of drug-likeness (QED) is 0.852. The molecular weight excluding hydrogens is 250 g/mol. The summed E-state index contributed by atoms with van der Waals surface area (Å²) in [4.78, 5) is 8.50. The molecule has 0 bridgehead atoms. The van der Waals surface area contributed by atoms with Crippen molar-refractivity contribution < 1.29 is 4.74 Å². The number of ether oxygens (including phenoxy) is 1. The van der Waals surface area contributed by atoms with Crippen molar-refractivity contribution in [2.24, 2.45) is 0 Å². The van der Waals surface area contributed by atoms with E-state index in [1.807, 2.05) is 18.2 Å². The maximum atomic E-state index is 8.72. The molecule has 0 N–H and O–H groups in total. The van der Waals surface area contributed by atoms with E-state index in [-0.39, 0.29) is 6.42 Å². The molecule has 4 heteroatoms. The van der Waals surface area contributed by atoms with Gasteiger partial charge in [-0.3, -0.25) is 0 Å². The van der Waals surface area contributed by atoms with Crippen LogP contribution in [0.25, 0.3) is 11.3 Å². The fourth-order valence-corrected chi connectivity index (χ4v) is 2.06. The highest BCUT2D eigenvalue weighted by atomic mass is 16.5. The molecule has 0 radical (unpaired) electrons. The van der Waals surface area contributed by atoms with Crippen LogP contribution in [0.2, 0.25) is 0 Å². The zero-order chi connectivity index (χ0) is 14.5. The Morgan fingerprint density at radius 1 is 1.30 bits per heavy atom. The topological polar surface area (TPSA) is 58.8 Å². The maximum Gasteiger partial charge on any atom is 0.142 e. The van der Waals surface area contributed by atoms with Crippen molar-refractivity contribution >= 4 is 0 Å². The third-order valence-corrected chi connectivity index (χ3v) is 3.09. The maximum absolute atomic E-state index is 8.72. The number of hydrogen-bond donors (Lipinski definition) is 0. The highest BCUT2D eigenvalue weighted by Gasteiger charge is 2.10. The summed E-state index contributed by atoms with van der Waals surface area (Å²) in [6.07, 6.45) is 1.91. The highest BCUT2D eigenvalue weighted by molar-refractivity contribution is 5.62. The van der Waals surface area contributed by atoms with E-state index in [1.165, 1.54) is 0 Å². The second-order valence-electron chi connectivity index (χ2n) is 4.80. The van der Waals surface area contributed by atoms with E-state index in [4.69, 9.17) is 10.00 Å². The summed E-state index contributed by atoms with van der Waals surface area (Å²) >= 11 is 0. The van der Waals surface area contributed by atoms with Gasteiger partial charge in [-0.25, -0.2) is 9.97 Å². The van der Waals surface area contributed by atoms with E-state index >= 15 is 0 Å². The number of benzene rings is 1. The summed E-state index contributed by atoms with van der Waals surface area (Å²) in [6.45, 7) is 4.26. The largest absolute Gasteiger partial charge is 0.496 e. The predicted molar refractivity (Wildman–Crippen MR) is 77.4 cm³/mol. The van der Waals surface area contributed by atoms with Crippen LogP contribution in [0, 0.1) is 11.3 Å². The van der Waals surface area contributed by atoms with Crippen LogP contribution in [0.4, 0.5) is 0 Å². The van der Waals surface area contributed by atoms with Crippen molar-refractivity contribution in [2.75, 3.05) is 7.11 Å². The normalized spacial score (nSPS) is 10.3. The molecule has 0 spiro atoms. The van der Waals surface area contributed by atoms with Crippen LogP contribution < -0.4 is 4.74 Å². The van der Waals surface area contributed by atoms with Crippen LogP contribution in [-0.4, -0.2) is 17.1 Å². The lowest BCUT2D eigenvalue weighted by molar-refractivity contribution is 0.407. The summed E-state index contributed by atoms with van der Waals surface area (Å²) in [5.74, 6) is 1.80. The van der Waals surface area contributed by atoms with Gasteiger partial charge in [-0.1, -0.05) is 13.8 Å². The molecule has 0 aliphatic rings. The molecule has 1 aromatic carbocycles. The second kappa shape index (κ2) is 6.16. The van der Waals surface area contributed by atoms with Gasteiger partial charge in [0.15, 0.2) is 0 Å². The molecule has 20 heavy (non-hydrogen) atoms. The number of nitriles is 1. The van der Waals surface area contributed by atoms with Crippen LogP contribution in [0.3, 0.4) is 0 Å². The zero-order valence-corrected chi connectivity index (χ0v) is 11.9. The fourth-order valence-electron chi connectivity index (χ4n) is 2.06. The summed E-state index contributed by atoms with van der Waals surface area (Å²) in [7, 11) is 1.68. The van der Waals surface area contributed by atoms with Gasteiger partial charge in [-0.2, -0.15) is 5.26 Å². The lowest BCUT2D eigenvalue weighted by Gasteiger charge is -2.13. The Bertz CT molecular complexity index is 644. The van der Waals surface area contributed by atoms with E-state index in [2.05, 4.69) is 36.0 Å². The molecule has 4 nitrogen and oxygen atoms in total. The van der Waals surface area contributed by atoms with Gasteiger partial charge in [-0.15, -0.1) is 0 Å². The molecule has 0 unspecified atom stereocenters. The number of rotatable bonds is 4. The first kappa shape index (κ1) is 14.0. The van der Waals surface area contributed by atoms with E-state index in [9.17, 15) is 0 Å². The Balaban J connectivity index is 2.45. The van der Waals surface area contributed by atoms with E-state index in [0.717, 1.165) is 22.6 Å². The molecule has 0 saturated heterocycles. The first-order valence-electron chi connectivity index (χ1n) is 6.53. The van der Waals surface area contributed by atoms with Crippen molar-refractivity contribution in [3.63, 3.8) is 0 Å². The SMILES string of the molecule is COc1ccc(-c2ccnc(CC#N)n2)cc1C(C)C. The molecule has 0 atom stereocenters. The van der Waals surface area contributed by atoms with Gasteiger partial charge in [0, 0.05) is 11.8 Å². The average molecular weight is 267 g/mol. The van der Waals surface area contributed by atoms with E-state index in [0.29, 0.717) is 11.7 Å². The minimum absolute atomic E-state index is 0.223. The van der Waals surface area contributed by atoms with E-state index < -0.39 is 0 Å². The Labute approximate surface area is 119 Å². The molecule has 102 valence electrons. The molecule has 0 amide bonds. The molecule has 2 rings (SSSR count). The Kier molecular flexibility index (Phi) is 4.31. The zero-order valence-electron chi connectivity index (χ0n) is 11.9. The smallest absolute Gasteiger partial charge is 0.142 e. The molecule has 0 aliphatic heterocycles. The average Bonchev–Trinajstić information content (AvgIpc) is 2.47. The van der Waals surface area contributed by atoms with Gasteiger partial charge >= 0.3 is 0 Å². The minimum atomic E-state index is 0.223. The van der Waals surface area contributed by atoms with Crippen molar-refractivity contribution in [2.45, 2.75) is 26.2 Å². The van der Waals surface area contributed by atoms with Crippen LogP contribution in [0.1, 0.15) is 31.2 Å². The number of methoxy groups -OCH3 is 1. The standard InChI is InChI=1S/C16H17N3O/c1-11(2)13-10-12(4-5-15(13)20-3)14-7-9-18-16(19-14)6-8-17/h4-5,7,9-11H,6H2,1-3H3. The lowest BCUT2D eigenvalue weighted by Crippen LogP contribution is -1.97. The second-order valence-corrected chi connectivity index (χ2v) is 4.80. The van der Waals surface area contributed by atoms with Gasteiger partial charge in [0.1, 0.15) is 11.6 Å². The molecule has 1 heterocycles. The van der Waals surface area contributed by atoms with Gasteiger partial charge in [0.2, 0.25) is 0 Å². The monoisotopic (exact) mass is 267 g/mol. The van der Waals surface area contributed by atoms with Crippen LogP contribution in [-0.2, 0) is 6.42 Å². The van der Waals surface area contributed by atoms with Crippen LogP contribution >= 0.6 is 0 Å². The van der Waals surface area contributed by atoms with Crippen molar-refractivity contribution in [1.82, 2.24) is 9.97 Å². The third kappa shape index (κ3) is 2.94. The van der Waals surface area contributed by atoms with Gasteiger partial charge in [0.05, 0.1) is 25.3 Å². The molecule has 0 fully saturated rings. The minimum Gasteiger partial charge on any atom is -0.496 e. The van der Waals surface area contributed by atoms with Crippen LogP contribution in [0.5, 0.6) is 5.75 Å². The summed E-state index contributed by atoms with van der Waals surface area (Å²) in [6, 6.07) is 9.94. The van der Waals surface area contributed by atoms with Gasteiger partial charge in [0.25, 0.3) is 0 Å². The summed E-state index contributed by atoms with van der Waals surface area (Å²) in [5, 5.41) is 8.72. The summed E-state index contributed by atoms with van der Waals surface area (Å²) in [5.41, 5.74) is 2.98. The molecular formula is C16H17N3O. The van der Waals surface area contributed by atoms with Crippen molar-refractivity contribution in [3.8, 4) is 23.1 Å². The number of aromatic nitrogens is 2. The first-order chi connectivity index (χ1) is 9.65. The predicted octanol–water partition coefficient (Wildman–Crippen LogP) is 3.34. The van der Waals surface area contributed by atoms with Gasteiger partial charge in [-0.05, 0) is 35.7 Å². The third-order valence-electron chi connectivity index (χ3n) is 3.09.